The van der Waals surface area contributed by atoms with E-state index < -0.39 is 0 Å². The molecule has 1 unspecified atom stereocenters. The van der Waals surface area contributed by atoms with Crippen LogP contribution in [-0.2, 0) is 4.79 Å². The Morgan fingerprint density at radius 2 is 2.19 bits per heavy atom. The molecule has 3 nitrogen and oxygen atoms in total. The third-order valence-electron chi connectivity index (χ3n) is 4.01. The van der Waals surface area contributed by atoms with Crippen molar-refractivity contribution in [2.75, 3.05) is 32.9 Å². The van der Waals surface area contributed by atoms with Gasteiger partial charge in [0.1, 0.15) is 0 Å². The Morgan fingerprint density at radius 1 is 1.50 bits per heavy atom. The molecular formula is C12H21FN2O. The van der Waals surface area contributed by atoms with Crippen molar-refractivity contribution >= 4 is 5.91 Å². The molecule has 1 amide bonds. The predicted octanol–water partition coefficient (Wildman–Crippen LogP) is 1.19. The molecule has 2 saturated heterocycles. The smallest absolute Gasteiger partial charge is 0.227 e. The SMILES string of the molecule is CC1(CF)CCN(C(=O)C2CCNC2)CC1. The van der Waals surface area contributed by atoms with Crippen molar-refractivity contribution in [3.05, 3.63) is 0 Å². The van der Waals surface area contributed by atoms with Gasteiger partial charge in [0.15, 0.2) is 0 Å². The molecule has 16 heavy (non-hydrogen) atoms. The molecule has 1 N–H and O–H groups in total. The Kier molecular flexibility index (Phi) is 3.47. The van der Waals surface area contributed by atoms with Gasteiger partial charge in [0.2, 0.25) is 5.91 Å². The number of amides is 1. The molecule has 0 saturated carbocycles. The zero-order chi connectivity index (χ0) is 11.6. The lowest BCUT2D eigenvalue weighted by molar-refractivity contribution is -0.137. The lowest BCUT2D eigenvalue weighted by atomic mass is 9.81. The number of carbonyl (C=O) groups excluding carboxylic acids is 1. The molecule has 2 aliphatic heterocycles. The van der Waals surface area contributed by atoms with E-state index in [4.69, 9.17) is 0 Å². The van der Waals surface area contributed by atoms with E-state index in [0.29, 0.717) is 0 Å². The van der Waals surface area contributed by atoms with Gasteiger partial charge in [-0.25, -0.2) is 0 Å². The largest absolute Gasteiger partial charge is 0.342 e. The van der Waals surface area contributed by atoms with Crippen LogP contribution in [0.5, 0.6) is 0 Å². The van der Waals surface area contributed by atoms with Crippen molar-refractivity contribution in [3.63, 3.8) is 0 Å². The van der Waals surface area contributed by atoms with Gasteiger partial charge < -0.3 is 10.2 Å². The molecule has 2 fully saturated rings. The van der Waals surface area contributed by atoms with Gasteiger partial charge in [-0.1, -0.05) is 6.92 Å². The summed E-state index contributed by atoms with van der Waals surface area (Å²) in [6.45, 7) is 4.94. The van der Waals surface area contributed by atoms with Gasteiger partial charge in [0.25, 0.3) is 0 Å². The summed E-state index contributed by atoms with van der Waals surface area (Å²) in [5, 5.41) is 3.21. The first-order valence-electron chi connectivity index (χ1n) is 6.20. The Morgan fingerprint density at radius 3 is 2.69 bits per heavy atom. The Bertz CT molecular complexity index is 256. The van der Waals surface area contributed by atoms with Crippen LogP contribution >= 0.6 is 0 Å². The van der Waals surface area contributed by atoms with Crippen molar-refractivity contribution < 1.29 is 9.18 Å². The highest BCUT2D eigenvalue weighted by atomic mass is 19.1. The van der Waals surface area contributed by atoms with Crippen molar-refractivity contribution in [3.8, 4) is 0 Å². The molecule has 0 bridgehead atoms. The molecule has 92 valence electrons. The summed E-state index contributed by atoms with van der Waals surface area (Å²) in [4.78, 5) is 14.0. The number of piperidine rings is 1. The molecule has 2 heterocycles. The highest BCUT2D eigenvalue weighted by Crippen LogP contribution is 2.31. The number of nitrogens with zero attached hydrogens (tertiary/aromatic N) is 1. The summed E-state index contributed by atoms with van der Waals surface area (Å²) in [6, 6.07) is 0. The number of nitrogens with one attached hydrogen (secondary N) is 1. The number of likely N-dealkylation sites (tertiary alicyclic amines) is 1. The number of carbonyl (C=O) groups is 1. The van der Waals surface area contributed by atoms with E-state index in [1.807, 2.05) is 11.8 Å². The monoisotopic (exact) mass is 228 g/mol. The van der Waals surface area contributed by atoms with Crippen LogP contribution in [0.25, 0.3) is 0 Å². The standard InChI is InChI=1S/C12H21FN2O/c1-12(9-13)3-6-15(7-4-12)11(16)10-2-5-14-8-10/h10,14H,2-9H2,1H3. The van der Waals surface area contributed by atoms with Crippen LogP contribution in [0.15, 0.2) is 0 Å². The zero-order valence-electron chi connectivity index (χ0n) is 9.97. The highest BCUT2D eigenvalue weighted by Gasteiger charge is 2.34. The van der Waals surface area contributed by atoms with Crippen LogP contribution in [0.1, 0.15) is 26.2 Å². The molecule has 2 aliphatic rings. The summed E-state index contributed by atoms with van der Waals surface area (Å²) in [7, 11) is 0. The first-order chi connectivity index (χ1) is 7.64. The zero-order valence-corrected chi connectivity index (χ0v) is 9.97. The molecule has 0 aliphatic carbocycles. The van der Waals surface area contributed by atoms with Crippen molar-refractivity contribution in [2.24, 2.45) is 11.3 Å². The maximum atomic E-state index is 12.8. The summed E-state index contributed by atoms with van der Waals surface area (Å²) in [5.41, 5.74) is -0.190. The fourth-order valence-electron chi connectivity index (χ4n) is 2.52. The molecule has 0 aromatic rings. The molecular weight excluding hydrogens is 207 g/mol. The van der Waals surface area contributed by atoms with Crippen LogP contribution in [0, 0.1) is 11.3 Å². The summed E-state index contributed by atoms with van der Waals surface area (Å²) in [6.07, 6.45) is 2.56. The van der Waals surface area contributed by atoms with Gasteiger partial charge in [-0.15, -0.1) is 0 Å². The van der Waals surface area contributed by atoms with Crippen LogP contribution in [0.3, 0.4) is 0 Å². The maximum absolute atomic E-state index is 12.8. The van der Waals surface area contributed by atoms with Gasteiger partial charge in [-0.3, -0.25) is 9.18 Å². The van der Waals surface area contributed by atoms with Gasteiger partial charge >= 0.3 is 0 Å². The van der Waals surface area contributed by atoms with Crippen LogP contribution in [-0.4, -0.2) is 43.7 Å². The van der Waals surface area contributed by atoms with Crippen molar-refractivity contribution in [1.29, 1.82) is 0 Å². The molecule has 4 heteroatoms. The van der Waals surface area contributed by atoms with Gasteiger partial charge in [0.05, 0.1) is 12.6 Å². The normalized spacial score (nSPS) is 29.4. The Hall–Kier alpha value is -0.640. The topological polar surface area (TPSA) is 32.3 Å². The lowest BCUT2D eigenvalue weighted by Crippen LogP contribution is -2.45. The number of halogens is 1. The minimum absolute atomic E-state index is 0.162. The number of rotatable bonds is 2. The number of alkyl halides is 1. The van der Waals surface area contributed by atoms with Crippen molar-refractivity contribution in [1.82, 2.24) is 10.2 Å². The van der Waals surface area contributed by atoms with Gasteiger partial charge in [-0.05, 0) is 31.2 Å². The predicted molar refractivity (Wildman–Crippen MR) is 60.9 cm³/mol. The highest BCUT2D eigenvalue weighted by molar-refractivity contribution is 5.79. The molecule has 0 aromatic heterocycles. The average Bonchev–Trinajstić information content (AvgIpc) is 2.83. The number of hydrogen-bond donors (Lipinski definition) is 1. The lowest BCUT2D eigenvalue weighted by Gasteiger charge is -2.38. The van der Waals surface area contributed by atoms with E-state index in [0.717, 1.165) is 45.4 Å². The van der Waals surface area contributed by atoms with E-state index in [1.165, 1.54) is 0 Å². The quantitative estimate of drug-likeness (QED) is 0.770. The number of hydrogen-bond acceptors (Lipinski definition) is 2. The van der Waals surface area contributed by atoms with E-state index in [2.05, 4.69) is 5.32 Å². The molecule has 0 radical (unpaired) electrons. The third kappa shape index (κ3) is 2.37. The Balaban J connectivity index is 1.86. The minimum atomic E-state index is -0.264. The fraction of sp³-hybridized carbons (Fsp3) is 0.917. The maximum Gasteiger partial charge on any atom is 0.227 e. The van der Waals surface area contributed by atoms with E-state index >= 15 is 0 Å². The molecule has 0 spiro atoms. The summed E-state index contributed by atoms with van der Waals surface area (Å²) < 4.78 is 12.8. The minimum Gasteiger partial charge on any atom is -0.342 e. The fourth-order valence-corrected chi connectivity index (χ4v) is 2.52. The van der Waals surface area contributed by atoms with Crippen molar-refractivity contribution in [2.45, 2.75) is 26.2 Å². The van der Waals surface area contributed by atoms with Gasteiger partial charge in [-0.2, -0.15) is 0 Å². The van der Waals surface area contributed by atoms with E-state index in [-0.39, 0.29) is 23.9 Å². The first kappa shape index (κ1) is 11.8. The summed E-state index contributed by atoms with van der Waals surface area (Å²) in [5.74, 6) is 0.431. The Labute approximate surface area is 96.4 Å². The van der Waals surface area contributed by atoms with E-state index in [9.17, 15) is 9.18 Å². The van der Waals surface area contributed by atoms with Crippen LogP contribution in [0.4, 0.5) is 4.39 Å². The van der Waals surface area contributed by atoms with E-state index in [1.54, 1.807) is 0 Å². The molecule has 2 rings (SSSR count). The van der Waals surface area contributed by atoms with Crippen LogP contribution < -0.4 is 5.32 Å². The van der Waals surface area contributed by atoms with Gasteiger partial charge in [0, 0.05) is 19.6 Å². The second-order valence-electron chi connectivity index (χ2n) is 5.46. The first-order valence-corrected chi connectivity index (χ1v) is 6.20. The average molecular weight is 228 g/mol. The second kappa shape index (κ2) is 4.70. The molecule has 0 aromatic carbocycles. The molecule has 1 atom stereocenters. The second-order valence-corrected chi connectivity index (χ2v) is 5.46. The third-order valence-corrected chi connectivity index (χ3v) is 4.01. The van der Waals surface area contributed by atoms with Crippen LogP contribution in [0.2, 0.25) is 0 Å². The summed E-state index contributed by atoms with van der Waals surface area (Å²) >= 11 is 0.